The second kappa shape index (κ2) is 6.09. The molecule has 7 heteroatoms. The smallest absolute Gasteiger partial charge is 0.333 e. The number of nitrogens with zero attached hydrogens (tertiary/aromatic N) is 1. The monoisotopic (exact) mass is 345 g/mol. The lowest BCUT2D eigenvalue weighted by Crippen LogP contribution is -2.28. The minimum Gasteiger partial charge on any atom is -0.463 e. The number of sulfonamides is 1. The van der Waals surface area contributed by atoms with Gasteiger partial charge in [0.15, 0.2) is 0 Å². The average molecular weight is 346 g/mol. The Hall–Kier alpha value is -0.663. The SMILES string of the molecule is CCOC(=O)C1=C[C@H]2[C@@H]([C@@H](C)C1)N2S(=O)(=O)CC[Si](C)(C)C. The van der Waals surface area contributed by atoms with E-state index in [1.807, 2.05) is 6.92 Å². The number of hydrogen-bond acceptors (Lipinski definition) is 4. The van der Waals surface area contributed by atoms with Gasteiger partial charge in [-0.15, -0.1) is 0 Å². The molecule has 0 spiro atoms. The van der Waals surface area contributed by atoms with Crippen molar-refractivity contribution in [2.75, 3.05) is 12.4 Å². The molecule has 4 atom stereocenters. The molecule has 1 unspecified atom stereocenters. The van der Waals surface area contributed by atoms with Crippen LogP contribution in [0.15, 0.2) is 11.6 Å². The highest BCUT2D eigenvalue weighted by atomic mass is 32.2. The van der Waals surface area contributed by atoms with Gasteiger partial charge in [-0.2, -0.15) is 4.31 Å². The Balaban J connectivity index is 2.09. The summed E-state index contributed by atoms with van der Waals surface area (Å²) in [7, 11) is -4.61. The highest BCUT2D eigenvalue weighted by molar-refractivity contribution is 7.89. The highest BCUT2D eigenvalue weighted by Crippen LogP contribution is 2.45. The van der Waals surface area contributed by atoms with Crippen molar-refractivity contribution in [3.63, 3.8) is 0 Å². The summed E-state index contributed by atoms with van der Waals surface area (Å²) in [6, 6.07) is 0.660. The number of hydrogen-bond donors (Lipinski definition) is 0. The molecular weight excluding hydrogens is 318 g/mol. The van der Waals surface area contributed by atoms with Crippen molar-refractivity contribution in [1.82, 2.24) is 4.31 Å². The van der Waals surface area contributed by atoms with Gasteiger partial charge in [0.05, 0.1) is 18.4 Å². The first-order chi connectivity index (χ1) is 10.1. The number of rotatable bonds is 6. The van der Waals surface area contributed by atoms with Gasteiger partial charge < -0.3 is 4.74 Å². The fraction of sp³-hybridized carbons (Fsp3) is 0.800. The Morgan fingerprint density at radius 2 is 2.05 bits per heavy atom. The van der Waals surface area contributed by atoms with E-state index in [2.05, 4.69) is 19.6 Å². The first-order valence-electron chi connectivity index (χ1n) is 7.96. The first kappa shape index (κ1) is 17.7. The molecule has 1 heterocycles. The summed E-state index contributed by atoms with van der Waals surface area (Å²) in [5.74, 6) is 0.0839. The van der Waals surface area contributed by atoms with Crippen LogP contribution in [0.5, 0.6) is 0 Å². The maximum atomic E-state index is 12.6. The number of carbonyl (C=O) groups excluding carboxylic acids is 1. The molecule has 2 rings (SSSR count). The first-order valence-corrected chi connectivity index (χ1v) is 13.3. The average Bonchev–Trinajstić information content (AvgIpc) is 3.12. The second-order valence-electron chi connectivity index (χ2n) is 7.53. The van der Waals surface area contributed by atoms with Gasteiger partial charge in [-0.05, 0) is 25.3 Å². The third kappa shape index (κ3) is 3.81. The Morgan fingerprint density at radius 1 is 1.41 bits per heavy atom. The molecule has 1 aliphatic heterocycles. The van der Waals surface area contributed by atoms with Crippen LogP contribution in [0.25, 0.3) is 0 Å². The molecule has 5 nitrogen and oxygen atoms in total. The van der Waals surface area contributed by atoms with Crippen LogP contribution in [0.1, 0.15) is 20.3 Å². The molecule has 0 aromatic carbocycles. The molecule has 1 fully saturated rings. The third-order valence-electron chi connectivity index (χ3n) is 4.31. The Bertz CT molecular complexity index is 579. The molecule has 0 N–H and O–H groups in total. The number of fused-ring (bicyclic) bond motifs is 1. The fourth-order valence-electron chi connectivity index (χ4n) is 3.03. The van der Waals surface area contributed by atoms with E-state index in [0.29, 0.717) is 18.6 Å². The van der Waals surface area contributed by atoms with Gasteiger partial charge in [-0.1, -0.05) is 32.6 Å². The molecule has 1 aliphatic carbocycles. The van der Waals surface area contributed by atoms with Crippen LogP contribution in [-0.2, 0) is 19.6 Å². The van der Waals surface area contributed by atoms with Crippen molar-refractivity contribution < 1.29 is 17.9 Å². The maximum absolute atomic E-state index is 12.6. The molecule has 0 aromatic heterocycles. The van der Waals surface area contributed by atoms with Gasteiger partial charge in [0.25, 0.3) is 0 Å². The predicted molar refractivity (Wildman–Crippen MR) is 89.9 cm³/mol. The zero-order valence-electron chi connectivity index (χ0n) is 14.1. The van der Waals surface area contributed by atoms with E-state index in [1.165, 1.54) is 0 Å². The zero-order valence-corrected chi connectivity index (χ0v) is 15.9. The summed E-state index contributed by atoms with van der Waals surface area (Å²) in [5.41, 5.74) is 0.624. The normalized spacial score (nSPS) is 31.2. The van der Waals surface area contributed by atoms with Crippen LogP contribution in [0.2, 0.25) is 25.7 Å². The van der Waals surface area contributed by atoms with E-state index in [-0.39, 0.29) is 29.7 Å². The summed E-state index contributed by atoms with van der Waals surface area (Å²) >= 11 is 0. The topological polar surface area (TPSA) is 63.5 Å². The quantitative estimate of drug-likeness (QED) is 0.421. The van der Waals surface area contributed by atoms with Crippen LogP contribution in [0.3, 0.4) is 0 Å². The minimum absolute atomic E-state index is 0.0322. The van der Waals surface area contributed by atoms with Gasteiger partial charge >= 0.3 is 5.97 Å². The summed E-state index contributed by atoms with van der Waals surface area (Å²) in [6.07, 6.45) is 2.40. The Morgan fingerprint density at radius 3 is 2.59 bits per heavy atom. The number of esters is 1. The summed E-state index contributed by atoms with van der Waals surface area (Å²) in [4.78, 5) is 11.9. The van der Waals surface area contributed by atoms with E-state index >= 15 is 0 Å². The van der Waals surface area contributed by atoms with Crippen LogP contribution in [0.4, 0.5) is 0 Å². The van der Waals surface area contributed by atoms with Gasteiger partial charge in [-0.25, -0.2) is 13.2 Å². The maximum Gasteiger partial charge on any atom is 0.333 e. The largest absolute Gasteiger partial charge is 0.463 e. The highest BCUT2D eigenvalue weighted by Gasteiger charge is 2.58. The second-order valence-corrected chi connectivity index (χ2v) is 15.1. The predicted octanol–water partition coefficient (Wildman–Crippen LogP) is 2.24. The van der Waals surface area contributed by atoms with Gasteiger partial charge in [0.1, 0.15) is 0 Å². The minimum atomic E-state index is -3.23. The van der Waals surface area contributed by atoms with Crippen LogP contribution < -0.4 is 0 Å². The molecule has 1 saturated heterocycles. The standard InChI is InChI=1S/C15H27NO4SSi/c1-6-20-15(17)12-9-11(2)14-13(10-12)16(14)21(18,19)7-8-22(3,4)5/h10-11,13-14H,6-9H2,1-5H3/t11-,13-,14+,16?/m0/s1. The van der Waals surface area contributed by atoms with Crippen LogP contribution in [0, 0.1) is 5.92 Å². The molecule has 22 heavy (non-hydrogen) atoms. The Labute approximate surface area is 134 Å². The Kier molecular flexibility index (Phi) is 4.90. The van der Waals surface area contributed by atoms with Crippen molar-refractivity contribution in [2.45, 2.75) is 58.0 Å². The molecule has 0 bridgehead atoms. The van der Waals surface area contributed by atoms with E-state index in [9.17, 15) is 13.2 Å². The number of carbonyl (C=O) groups is 1. The molecule has 0 saturated carbocycles. The van der Waals surface area contributed by atoms with Crippen molar-refractivity contribution in [3.8, 4) is 0 Å². The van der Waals surface area contributed by atoms with E-state index in [4.69, 9.17) is 4.74 Å². The molecule has 0 radical (unpaired) electrons. The van der Waals surface area contributed by atoms with E-state index in [1.54, 1.807) is 17.3 Å². The summed E-state index contributed by atoms with van der Waals surface area (Å²) in [5, 5.41) is 0. The van der Waals surface area contributed by atoms with Crippen LogP contribution in [-0.4, -0.2) is 51.2 Å². The van der Waals surface area contributed by atoms with E-state index < -0.39 is 18.1 Å². The van der Waals surface area contributed by atoms with Crippen molar-refractivity contribution >= 4 is 24.1 Å². The lowest BCUT2D eigenvalue weighted by atomic mass is 9.90. The molecule has 0 amide bonds. The summed E-state index contributed by atoms with van der Waals surface area (Å²) in [6.45, 7) is 10.7. The molecule has 2 aliphatic rings. The third-order valence-corrected chi connectivity index (χ3v) is 8.28. The van der Waals surface area contributed by atoms with Crippen LogP contribution >= 0.6 is 0 Å². The van der Waals surface area contributed by atoms with E-state index in [0.717, 1.165) is 6.04 Å². The number of ether oxygens (including phenoxy) is 1. The van der Waals surface area contributed by atoms with Gasteiger partial charge in [0.2, 0.25) is 10.0 Å². The van der Waals surface area contributed by atoms with Crippen molar-refractivity contribution in [2.24, 2.45) is 5.92 Å². The van der Waals surface area contributed by atoms with Gasteiger partial charge in [-0.3, -0.25) is 0 Å². The van der Waals surface area contributed by atoms with Crippen molar-refractivity contribution in [1.29, 1.82) is 0 Å². The molecule has 0 aromatic rings. The molecular formula is C15H27NO4SSi. The van der Waals surface area contributed by atoms with Crippen molar-refractivity contribution in [3.05, 3.63) is 11.6 Å². The lowest BCUT2D eigenvalue weighted by molar-refractivity contribution is -0.138. The fourth-order valence-corrected chi connectivity index (χ4v) is 7.93. The molecule has 126 valence electrons. The van der Waals surface area contributed by atoms with Gasteiger partial charge in [0, 0.05) is 19.7 Å². The zero-order chi connectivity index (χ0) is 16.7. The lowest BCUT2D eigenvalue weighted by Gasteiger charge is -2.17. The summed E-state index contributed by atoms with van der Waals surface area (Å²) < 4.78 is 31.8.